The molecule has 1 aliphatic heterocycles. The number of likely N-dealkylation sites (N-methyl/N-ethyl adjacent to an activating group) is 1. The van der Waals surface area contributed by atoms with Crippen molar-refractivity contribution in [2.75, 3.05) is 7.05 Å². The third-order valence-corrected chi connectivity index (χ3v) is 3.80. The first kappa shape index (κ1) is 13.6. The molecule has 3 heteroatoms. The highest BCUT2D eigenvalue weighted by Gasteiger charge is 2.50. The van der Waals surface area contributed by atoms with Crippen molar-refractivity contribution in [2.24, 2.45) is 0 Å². The smallest absolute Gasteiger partial charge is 0.243 e. The summed E-state index contributed by atoms with van der Waals surface area (Å²) in [5.74, 6) is 0.0403. The van der Waals surface area contributed by atoms with Gasteiger partial charge in [-0.1, -0.05) is 60.7 Å². The van der Waals surface area contributed by atoms with Crippen LogP contribution in [-0.2, 0) is 4.79 Å². The first-order valence-electron chi connectivity index (χ1n) is 7.06. The first-order valence-corrected chi connectivity index (χ1v) is 7.06. The molecule has 0 radical (unpaired) electrons. The maximum atomic E-state index is 12.2. The Labute approximate surface area is 124 Å². The fraction of sp³-hybridized carbons (Fsp3) is 0.167. The molecule has 0 aliphatic carbocycles. The van der Waals surface area contributed by atoms with Crippen molar-refractivity contribution >= 4 is 12.0 Å². The summed E-state index contributed by atoms with van der Waals surface area (Å²) < 4.78 is 0. The van der Waals surface area contributed by atoms with Crippen LogP contribution in [0.5, 0.6) is 0 Å². The fourth-order valence-electron chi connectivity index (χ4n) is 2.60. The van der Waals surface area contributed by atoms with Gasteiger partial charge in [0, 0.05) is 6.20 Å². The minimum atomic E-state index is -0.0761. The Morgan fingerprint density at radius 1 is 1.05 bits per heavy atom. The predicted molar refractivity (Wildman–Crippen MR) is 84.4 cm³/mol. The highest BCUT2D eigenvalue weighted by atomic mass is 16.2. The molecule has 3 rings (SSSR count). The Morgan fingerprint density at radius 2 is 1.67 bits per heavy atom. The lowest BCUT2D eigenvalue weighted by atomic mass is 10.1. The number of nitrogens with zero attached hydrogens (tertiary/aromatic N) is 1. The molecule has 0 spiro atoms. The van der Waals surface area contributed by atoms with Gasteiger partial charge in [-0.2, -0.15) is 0 Å². The normalized spacial score (nSPS) is 24.0. The van der Waals surface area contributed by atoms with Gasteiger partial charge in [-0.3, -0.25) is 9.69 Å². The summed E-state index contributed by atoms with van der Waals surface area (Å²) in [5, 5.41) is 2.86. The highest BCUT2D eigenvalue weighted by Crippen LogP contribution is 2.41. The third-order valence-electron chi connectivity index (χ3n) is 3.80. The second-order valence-corrected chi connectivity index (χ2v) is 5.22. The van der Waals surface area contributed by atoms with E-state index < -0.39 is 0 Å². The molecule has 106 valence electrons. The van der Waals surface area contributed by atoms with Gasteiger partial charge >= 0.3 is 0 Å². The minimum absolute atomic E-state index is 0.0403. The largest absolute Gasteiger partial charge is 0.331 e. The summed E-state index contributed by atoms with van der Waals surface area (Å²) in [5.41, 5.74) is 2.26. The molecule has 1 saturated heterocycles. The van der Waals surface area contributed by atoms with Crippen molar-refractivity contribution in [3.05, 3.63) is 78.0 Å². The van der Waals surface area contributed by atoms with E-state index in [-0.39, 0.29) is 18.0 Å². The Hall–Kier alpha value is -2.39. The van der Waals surface area contributed by atoms with E-state index in [0.29, 0.717) is 0 Å². The monoisotopic (exact) mass is 278 g/mol. The van der Waals surface area contributed by atoms with E-state index in [1.165, 1.54) is 5.56 Å². The number of benzene rings is 2. The van der Waals surface area contributed by atoms with Crippen molar-refractivity contribution in [3.63, 3.8) is 0 Å². The first-order chi connectivity index (χ1) is 10.3. The van der Waals surface area contributed by atoms with E-state index in [2.05, 4.69) is 22.3 Å². The number of amides is 1. The molecule has 2 aromatic carbocycles. The fourth-order valence-corrected chi connectivity index (χ4v) is 2.60. The molecule has 3 atom stereocenters. The SMILES string of the molecule is CN1[C@@H](C(=O)N/C=C\c2ccccc2)[C@@H]1c1ccccc1. The molecule has 1 heterocycles. The Bertz CT molecular complexity index is 637. The van der Waals surface area contributed by atoms with E-state index in [1.54, 1.807) is 6.20 Å². The topological polar surface area (TPSA) is 32.1 Å². The third kappa shape index (κ3) is 3.03. The molecule has 21 heavy (non-hydrogen) atoms. The molecule has 0 bridgehead atoms. The lowest BCUT2D eigenvalue weighted by molar-refractivity contribution is -0.120. The molecule has 1 unspecified atom stereocenters. The summed E-state index contributed by atoms with van der Waals surface area (Å²) in [4.78, 5) is 14.3. The number of hydrogen-bond acceptors (Lipinski definition) is 2. The summed E-state index contributed by atoms with van der Waals surface area (Å²) in [6.07, 6.45) is 3.61. The zero-order valence-electron chi connectivity index (χ0n) is 11.9. The van der Waals surface area contributed by atoms with Crippen LogP contribution < -0.4 is 5.32 Å². The Morgan fingerprint density at radius 3 is 2.33 bits per heavy atom. The molecule has 0 saturated carbocycles. The number of carbonyl (C=O) groups is 1. The van der Waals surface area contributed by atoms with E-state index in [9.17, 15) is 4.79 Å². The van der Waals surface area contributed by atoms with Crippen molar-refractivity contribution in [1.29, 1.82) is 0 Å². The maximum Gasteiger partial charge on any atom is 0.243 e. The summed E-state index contributed by atoms with van der Waals surface area (Å²) >= 11 is 0. The molecule has 2 aromatic rings. The van der Waals surface area contributed by atoms with Crippen LogP contribution in [0.3, 0.4) is 0 Å². The van der Waals surface area contributed by atoms with Gasteiger partial charge < -0.3 is 5.32 Å². The molecule has 0 aromatic heterocycles. The molecule has 3 nitrogen and oxygen atoms in total. The van der Waals surface area contributed by atoms with Gasteiger partial charge in [0.2, 0.25) is 5.91 Å². The standard InChI is InChI=1S/C18H18N2O/c1-20-16(15-10-6-3-7-11-15)17(20)18(21)19-13-12-14-8-4-2-5-9-14/h2-13,16-17H,1H3,(H,19,21)/b13-12-/t16-,17+,20?/m0/s1. The van der Waals surface area contributed by atoms with Gasteiger partial charge in [-0.15, -0.1) is 0 Å². The van der Waals surface area contributed by atoms with Gasteiger partial charge in [0.1, 0.15) is 6.04 Å². The van der Waals surface area contributed by atoms with Crippen LogP contribution >= 0.6 is 0 Å². The van der Waals surface area contributed by atoms with E-state index >= 15 is 0 Å². The van der Waals surface area contributed by atoms with Crippen LogP contribution in [0.2, 0.25) is 0 Å². The van der Waals surface area contributed by atoms with Crippen LogP contribution in [-0.4, -0.2) is 23.9 Å². The molecule has 1 aliphatic rings. The molecular formula is C18H18N2O. The summed E-state index contributed by atoms with van der Waals surface area (Å²) in [7, 11) is 1.98. The van der Waals surface area contributed by atoms with E-state index in [1.807, 2.05) is 61.7 Å². The van der Waals surface area contributed by atoms with Crippen LogP contribution in [0.25, 0.3) is 6.08 Å². The van der Waals surface area contributed by atoms with E-state index in [4.69, 9.17) is 0 Å². The van der Waals surface area contributed by atoms with Gasteiger partial charge in [-0.25, -0.2) is 0 Å². The van der Waals surface area contributed by atoms with Gasteiger partial charge in [-0.05, 0) is 24.3 Å². The van der Waals surface area contributed by atoms with Crippen LogP contribution in [0.1, 0.15) is 17.2 Å². The second kappa shape index (κ2) is 5.94. The number of nitrogens with one attached hydrogen (secondary N) is 1. The van der Waals surface area contributed by atoms with Crippen LogP contribution in [0.15, 0.2) is 66.9 Å². The number of rotatable bonds is 4. The molecule has 1 N–H and O–H groups in total. The molecule has 1 fully saturated rings. The van der Waals surface area contributed by atoms with Crippen molar-refractivity contribution < 1.29 is 4.79 Å². The van der Waals surface area contributed by atoms with Gasteiger partial charge in [0.05, 0.1) is 6.04 Å². The quantitative estimate of drug-likeness (QED) is 0.872. The summed E-state index contributed by atoms with van der Waals surface area (Å²) in [6, 6.07) is 20.2. The average Bonchev–Trinajstić information content (AvgIpc) is 3.20. The Balaban J connectivity index is 1.59. The second-order valence-electron chi connectivity index (χ2n) is 5.22. The van der Waals surface area contributed by atoms with Crippen molar-refractivity contribution in [2.45, 2.75) is 12.1 Å². The van der Waals surface area contributed by atoms with Gasteiger partial charge in [0.15, 0.2) is 0 Å². The van der Waals surface area contributed by atoms with Crippen molar-refractivity contribution in [1.82, 2.24) is 10.2 Å². The lowest BCUT2D eigenvalue weighted by Crippen LogP contribution is -2.24. The maximum absolute atomic E-state index is 12.2. The van der Waals surface area contributed by atoms with Gasteiger partial charge in [0.25, 0.3) is 0 Å². The highest BCUT2D eigenvalue weighted by molar-refractivity contribution is 5.87. The van der Waals surface area contributed by atoms with E-state index in [0.717, 1.165) is 5.56 Å². The minimum Gasteiger partial charge on any atom is -0.331 e. The zero-order valence-corrected chi connectivity index (χ0v) is 11.9. The molecule has 1 amide bonds. The zero-order chi connectivity index (χ0) is 14.7. The number of carbonyl (C=O) groups excluding carboxylic acids is 1. The Kier molecular flexibility index (Phi) is 3.84. The lowest BCUT2D eigenvalue weighted by Gasteiger charge is -1.98. The summed E-state index contributed by atoms with van der Waals surface area (Å²) in [6.45, 7) is 0. The van der Waals surface area contributed by atoms with Crippen LogP contribution in [0, 0.1) is 0 Å². The molecular weight excluding hydrogens is 260 g/mol. The average molecular weight is 278 g/mol. The predicted octanol–water partition coefficient (Wildman–Crippen LogP) is 2.83. The van der Waals surface area contributed by atoms with Crippen molar-refractivity contribution in [3.8, 4) is 0 Å². The van der Waals surface area contributed by atoms with Crippen LogP contribution in [0.4, 0.5) is 0 Å². The number of hydrogen-bond donors (Lipinski definition) is 1.